The minimum absolute atomic E-state index is 0. The van der Waals surface area contributed by atoms with Crippen LogP contribution in [0.4, 0.5) is 13.2 Å². The topological polar surface area (TPSA) is 78.4 Å². The summed E-state index contributed by atoms with van der Waals surface area (Å²) in [6.07, 6.45) is 0. The van der Waals surface area contributed by atoms with Crippen LogP contribution in [-0.4, -0.2) is 13.9 Å². The molecular weight excluding hydrogens is 327 g/mol. The fraction of sp³-hybridized carbons (Fsp3) is 0.250. The lowest BCUT2D eigenvalue weighted by Crippen LogP contribution is -2.25. The summed E-state index contributed by atoms with van der Waals surface area (Å²) in [5.74, 6) is 0. The predicted octanol–water partition coefficient (Wildman–Crippen LogP) is 2.98. The Kier molecular flexibility index (Phi) is 5.59. The number of alkyl halides is 3. The Labute approximate surface area is 105 Å². The van der Waals surface area contributed by atoms with E-state index in [2.05, 4.69) is 20.1 Å². The predicted molar refractivity (Wildman–Crippen MR) is 58.9 cm³/mol. The van der Waals surface area contributed by atoms with Crippen molar-refractivity contribution in [2.75, 3.05) is 0 Å². The Morgan fingerprint density at radius 3 is 2.06 bits per heavy atom. The number of hydrogen-bond acceptors (Lipinski definition) is 4. The molecule has 0 aliphatic rings. The molecule has 98 valence electrons. The smallest absolute Gasteiger partial charge is 0.344 e. The molecule has 0 unspecified atom stereocenters. The second kappa shape index (κ2) is 5.80. The van der Waals surface area contributed by atoms with Crippen LogP contribution in [-0.2, 0) is 20.9 Å². The van der Waals surface area contributed by atoms with Gasteiger partial charge in [0.1, 0.15) is 0 Å². The van der Waals surface area contributed by atoms with E-state index < -0.39 is 22.2 Å². The van der Waals surface area contributed by atoms with Crippen LogP contribution in [0.2, 0.25) is 0 Å². The van der Waals surface area contributed by atoms with Gasteiger partial charge in [-0.2, -0.15) is 21.6 Å². The Balaban J connectivity index is 0.00000256. The first kappa shape index (κ1) is 16.4. The molecule has 1 aromatic carbocycles. The van der Waals surface area contributed by atoms with Gasteiger partial charge in [0.2, 0.25) is 0 Å². The van der Waals surface area contributed by atoms with E-state index in [1.807, 2.05) is 0 Å². The van der Waals surface area contributed by atoms with Gasteiger partial charge in [-0.1, -0.05) is 28.1 Å². The first-order valence-corrected chi connectivity index (χ1v) is 6.12. The van der Waals surface area contributed by atoms with Crippen LogP contribution < -0.4 is 6.15 Å². The molecule has 17 heavy (non-hydrogen) atoms. The third-order valence-corrected chi connectivity index (χ3v) is 3.10. The molecule has 0 atom stereocenters. The number of halogens is 4. The molecule has 0 saturated heterocycles. The molecule has 0 radical (unpaired) electrons. The third kappa shape index (κ3) is 4.62. The van der Waals surface area contributed by atoms with E-state index in [4.69, 9.17) is 0 Å². The number of benzene rings is 1. The molecule has 0 aromatic heterocycles. The summed E-state index contributed by atoms with van der Waals surface area (Å²) in [6.45, 7) is -0.644. The molecule has 3 N–H and O–H groups in total. The largest absolute Gasteiger partial charge is 0.523 e. The maximum Gasteiger partial charge on any atom is 0.523 e. The van der Waals surface area contributed by atoms with E-state index in [-0.39, 0.29) is 6.15 Å². The van der Waals surface area contributed by atoms with Crippen molar-refractivity contribution < 1.29 is 25.8 Å². The number of rotatable bonds is 3. The molecule has 0 bridgehead atoms. The van der Waals surface area contributed by atoms with Gasteiger partial charge in [0.15, 0.2) is 0 Å². The highest BCUT2D eigenvalue weighted by Crippen LogP contribution is 2.25. The highest BCUT2D eigenvalue weighted by Gasteiger charge is 2.47. The van der Waals surface area contributed by atoms with E-state index in [0.717, 1.165) is 4.47 Å². The first-order chi connectivity index (χ1) is 7.22. The van der Waals surface area contributed by atoms with E-state index in [0.29, 0.717) is 5.56 Å². The number of hydrogen-bond donors (Lipinski definition) is 1. The third-order valence-electron chi connectivity index (χ3n) is 1.58. The van der Waals surface area contributed by atoms with Crippen molar-refractivity contribution in [2.45, 2.75) is 12.1 Å². The van der Waals surface area contributed by atoms with Crippen molar-refractivity contribution in [1.82, 2.24) is 6.15 Å². The van der Waals surface area contributed by atoms with Crippen LogP contribution in [0.5, 0.6) is 0 Å². The molecule has 0 fully saturated rings. The van der Waals surface area contributed by atoms with Gasteiger partial charge in [0, 0.05) is 4.47 Å². The average Bonchev–Trinajstić information content (AvgIpc) is 2.15. The monoisotopic (exact) mass is 335 g/mol. The summed E-state index contributed by atoms with van der Waals surface area (Å²) >= 11 is 3.13. The molecule has 0 saturated carbocycles. The fourth-order valence-corrected chi connectivity index (χ4v) is 1.48. The Bertz CT molecular complexity index is 458. The van der Waals surface area contributed by atoms with Crippen molar-refractivity contribution in [1.29, 1.82) is 0 Å². The van der Waals surface area contributed by atoms with Gasteiger partial charge < -0.3 is 6.15 Å². The minimum Gasteiger partial charge on any atom is -0.344 e. The van der Waals surface area contributed by atoms with Gasteiger partial charge >= 0.3 is 15.6 Å². The normalized spacial score (nSPS) is 12.0. The van der Waals surface area contributed by atoms with Crippen molar-refractivity contribution >= 4 is 26.0 Å². The SMILES string of the molecule is N.O=S(=O)(OCc1ccc(Br)cc1)C(F)(F)F. The van der Waals surface area contributed by atoms with Gasteiger partial charge in [-0.15, -0.1) is 0 Å². The van der Waals surface area contributed by atoms with Crippen molar-refractivity contribution in [2.24, 2.45) is 0 Å². The van der Waals surface area contributed by atoms with E-state index >= 15 is 0 Å². The van der Waals surface area contributed by atoms with Crippen LogP contribution in [0.25, 0.3) is 0 Å². The highest BCUT2D eigenvalue weighted by molar-refractivity contribution is 9.10. The van der Waals surface area contributed by atoms with Crippen molar-refractivity contribution in [3.8, 4) is 0 Å². The molecule has 4 nitrogen and oxygen atoms in total. The quantitative estimate of drug-likeness (QED) is 0.680. The zero-order valence-corrected chi connectivity index (χ0v) is 10.8. The molecule has 0 amide bonds. The maximum atomic E-state index is 11.9. The van der Waals surface area contributed by atoms with Gasteiger partial charge in [0.05, 0.1) is 6.61 Å². The van der Waals surface area contributed by atoms with Gasteiger partial charge in [0.25, 0.3) is 0 Å². The van der Waals surface area contributed by atoms with E-state index in [9.17, 15) is 21.6 Å². The van der Waals surface area contributed by atoms with E-state index in [1.54, 1.807) is 12.1 Å². The Hall–Kier alpha value is -0.640. The molecule has 1 rings (SSSR count). The summed E-state index contributed by atoms with van der Waals surface area (Å²) < 4.78 is 61.3. The van der Waals surface area contributed by atoms with E-state index in [1.165, 1.54) is 12.1 Å². The molecule has 0 heterocycles. The first-order valence-electron chi connectivity index (χ1n) is 3.92. The lowest BCUT2D eigenvalue weighted by molar-refractivity contribution is -0.0547. The van der Waals surface area contributed by atoms with Gasteiger partial charge in [-0.25, -0.2) is 0 Å². The summed E-state index contributed by atoms with van der Waals surface area (Å²) in [6, 6.07) is 6.05. The second-order valence-electron chi connectivity index (χ2n) is 2.79. The minimum atomic E-state index is -5.52. The zero-order valence-electron chi connectivity index (χ0n) is 8.37. The Morgan fingerprint density at radius 1 is 1.18 bits per heavy atom. The van der Waals surface area contributed by atoms with Crippen LogP contribution in [0, 0.1) is 0 Å². The van der Waals surface area contributed by atoms with Crippen LogP contribution in [0.1, 0.15) is 5.56 Å². The van der Waals surface area contributed by atoms with Crippen LogP contribution in [0.3, 0.4) is 0 Å². The second-order valence-corrected chi connectivity index (χ2v) is 5.31. The van der Waals surface area contributed by atoms with Crippen molar-refractivity contribution in [3.05, 3.63) is 34.3 Å². The lowest BCUT2D eigenvalue weighted by Gasteiger charge is -2.08. The summed E-state index contributed by atoms with van der Waals surface area (Å²) in [5.41, 5.74) is -5.06. The lowest BCUT2D eigenvalue weighted by atomic mass is 10.2. The maximum absolute atomic E-state index is 11.9. The van der Waals surface area contributed by atoms with Gasteiger partial charge in [-0.05, 0) is 17.7 Å². The summed E-state index contributed by atoms with van der Waals surface area (Å²) in [7, 11) is -5.52. The van der Waals surface area contributed by atoms with Crippen molar-refractivity contribution in [3.63, 3.8) is 0 Å². The summed E-state index contributed by atoms with van der Waals surface area (Å²) in [5, 5.41) is 0. The summed E-state index contributed by atoms with van der Waals surface area (Å²) in [4.78, 5) is 0. The molecular formula is C8H9BrF3NO3S. The van der Waals surface area contributed by atoms with Crippen LogP contribution in [0.15, 0.2) is 28.7 Å². The molecule has 0 spiro atoms. The highest BCUT2D eigenvalue weighted by atomic mass is 79.9. The fourth-order valence-electron chi connectivity index (χ4n) is 0.793. The zero-order chi connectivity index (χ0) is 12.4. The molecule has 9 heteroatoms. The average molecular weight is 336 g/mol. The molecule has 1 aromatic rings. The standard InChI is InChI=1S/C8H6BrF3O3S.H3N/c9-7-3-1-6(2-4-7)5-15-16(13,14)8(10,11)12;/h1-4H,5H2;1H3. The van der Waals surface area contributed by atoms with Crippen LogP contribution >= 0.6 is 15.9 Å². The molecule has 0 aliphatic heterocycles. The Morgan fingerprint density at radius 2 is 1.65 bits per heavy atom. The molecule has 0 aliphatic carbocycles. The van der Waals surface area contributed by atoms with Gasteiger partial charge in [-0.3, -0.25) is 4.18 Å².